The maximum Gasteiger partial charge on any atom is 0.251 e. The molecule has 0 saturated heterocycles. The number of hydrogen-bond donors (Lipinski definition) is 2. The zero-order chi connectivity index (χ0) is 20.9. The Hall–Kier alpha value is -2.91. The number of H-pyrrole nitrogens is 1. The van der Waals surface area contributed by atoms with Crippen LogP contribution < -0.4 is 5.32 Å². The minimum atomic E-state index is -0.0934. The van der Waals surface area contributed by atoms with Crippen molar-refractivity contribution < 1.29 is 4.79 Å². The summed E-state index contributed by atoms with van der Waals surface area (Å²) >= 11 is 6.88. The molecule has 0 unspecified atom stereocenters. The Morgan fingerprint density at radius 3 is 2.83 bits per heavy atom. The van der Waals surface area contributed by atoms with E-state index in [0.29, 0.717) is 23.3 Å². The number of carbonyl (C=O) groups excluding carboxylic acids is 1. The molecule has 0 bridgehead atoms. The number of thioether (sulfide) groups is 1. The lowest BCUT2D eigenvalue weighted by atomic mass is 10.2. The van der Waals surface area contributed by atoms with Gasteiger partial charge < -0.3 is 14.3 Å². The molecule has 0 radical (unpaired) electrons. The van der Waals surface area contributed by atoms with E-state index < -0.39 is 0 Å². The molecule has 1 amide bonds. The lowest BCUT2D eigenvalue weighted by molar-refractivity contribution is 0.0954. The molecule has 0 saturated carbocycles. The summed E-state index contributed by atoms with van der Waals surface area (Å²) < 4.78 is 4.55. The number of pyridine rings is 1. The number of nitrogens with zero attached hydrogens (tertiary/aromatic N) is 4. The molecule has 3 heterocycles. The second-order valence-electron chi connectivity index (χ2n) is 6.71. The molecule has 0 aliphatic carbocycles. The molecule has 30 heavy (non-hydrogen) atoms. The van der Waals surface area contributed by atoms with Crippen molar-refractivity contribution in [3.8, 4) is 0 Å². The largest absolute Gasteiger partial charge is 0.352 e. The number of benzene rings is 1. The van der Waals surface area contributed by atoms with Crippen molar-refractivity contribution in [3.05, 3.63) is 76.7 Å². The van der Waals surface area contributed by atoms with E-state index in [1.54, 1.807) is 11.8 Å². The Morgan fingerprint density at radius 2 is 2.07 bits per heavy atom. The first-order valence-electron chi connectivity index (χ1n) is 9.72. The van der Waals surface area contributed by atoms with Gasteiger partial charge in [-0.2, -0.15) is 5.10 Å². The molecule has 0 aliphatic heterocycles. The average Bonchev–Trinajstić information content (AvgIpc) is 3.35. The first-order valence-corrected chi connectivity index (χ1v) is 11.1. The van der Waals surface area contributed by atoms with Gasteiger partial charge in [0, 0.05) is 48.1 Å². The molecular formula is C21H22N6OS2. The van der Waals surface area contributed by atoms with Crippen LogP contribution in [-0.2, 0) is 18.7 Å². The summed E-state index contributed by atoms with van der Waals surface area (Å²) in [5.74, 6) is 1.53. The number of fused-ring (bicyclic) bond motifs is 1. The number of aromatic nitrogens is 5. The smallest absolute Gasteiger partial charge is 0.251 e. The minimum absolute atomic E-state index is 0.0934. The fourth-order valence-electron chi connectivity index (χ4n) is 3.17. The summed E-state index contributed by atoms with van der Waals surface area (Å²) in [5, 5.41) is 9.94. The lowest BCUT2D eigenvalue weighted by Crippen LogP contribution is -2.26. The molecule has 1 aromatic carbocycles. The molecule has 4 rings (SSSR count). The van der Waals surface area contributed by atoms with Gasteiger partial charge in [0.25, 0.3) is 5.91 Å². The Bertz CT molecular complexity index is 1180. The van der Waals surface area contributed by atoms with Crippen LogP contribution in [0.4, 0.5) is 0 Å². The molecule has 0 atom stereocenters. The summed E-state index contributed by atoms with van der Waals surface area (Å²) in [5.41, 5.74) is 2.61. The highest BCUT2D eigenvalue weighted by Gasteiger charge is 2.08. The van der Waals surface area contributed by atoms with Crippen LogP contribution in [0.5, 0.6) is 0 Å². The number of hydrogen-bond acceptors (Lipinski definition) is 5. The van der Waals surface area contributed by atoms with Crippen molar-refractivity contribution >= 4 is 35.5 Å². The lowest BCUT2D eigenvalue weighted by Gasteiger charge is -2.07. The highest BCUT2D eigenvalue weighted by atomic mass is 32.2. The van der Waals surface area contributed by atoms with E-state index in [1.165, 1.54) is 0 Å². The van der Waals surface area contributed by atoms with Gasteiger partial charge in [-0.15, -0.1) is 11.8 Å². The third kappa shape index (κ3) is 4.63. The molecule has 3 aromatic heterocycles. The van der Waals surface area contributed by atoms with Crippen LogP contribution in [0, 0.1) is 4.77 Å². The Labute approximate surface area is 183 Å². The van der Waals surface area contributed by atoms with Crippen molar-refractivity contribution in [2.75, 3.05) is 6.54 Å². The van der Waals surface area contributed by atoms with Gasteiger partial charge in [-0.25, -0.2) is 4.98 Å². The monoisotopic (exact) mass is 438 g/mol. The molecule has 0 fully saturated rings. The van der Waals surface area contributed by atoms with Crippen molar-refractivity contribution in [1.82, 2.24) is 29.5 Å². The van der Waals surface area contributed by atoms with E-state index in [2.05, 4.69) is 20.5 Å². The van der Waals surface area contributed by atoms with Gasteiger partial charge in [0.2, 0.25) is 0 Å². The van der Waals surface area contributed by atoms with Gasteiger partial charge in [-0.3, -0.25) is 9.89 Å². The van der Waals surface area contributed by atoms with Crippen LogP contribution in [0.25, 0.3) is 5.65 Å². The van der Waals surface area contributed by atoms with Crippen molar-refractivity contribution in [2.24, 2.45) is 0 Å². The highest BCUT2D eigenvalue weighted by molar-refractivity contribution is 7.98. The summed E-state index contributed by atoms with van der Waals surface area (Å²) in [6.07, 6.45) is 4.66. The zero-order valence-electron chi connectivity index (χ0n) is 16.5. The van der Waals surface area contributed by atoms with Crippen LogP contribution in [0.2, 0.25) is 0 Å². The van der Waals surface area contributed by atoms with Crippen LogP contribution in [0.15, 0.2) is 59.8 Å². The van der Waals surface area contributed by atoms with E-state index in [4.69, 9.17) is 12.2 Å². The molecule has 0 spiro atoms. The first kappa shape index (κ1) is 20.4. The van der Waals surface area contributed by atoms with E-state index in [1.807, 2.05) is 70.7 Å². The number of aromatic amines is 1. The predicted molar refractivity (Wildman–Crippen MR) is 120 cm³/mol. The van der Waals surface area contributed by atoms with Crippen molar-refractivity contribution in [1.29, 1.82) is 0 Å². The number of imidazole rings is 1. The standard InChI is InChI=1S/C21H22N6OS2/c1-2-27-19(24-25-21(27)29)10-11-22-20(28)15-6-8-17(9-7-15)30-14-16-13-26-12-4-3-5-18(26)23-16/h3-9,12-13H,2,10-11,14H2,1H3,(H,22,28)(H,25,29). The SMILES string of the molecule is CCn1c(CCNC(=O)c2ccc(SCc3cn4ccccc4n3)cc2)n[nH]c1=S. The van der Waals surface area contributed by atoms with Gasteiger partial charge in [0.15, 0.2) is 4.77 Å². The second-order valence-corrected chi connectivity index (χ2v) is 8.14. The second kappa shape index (κ2) is 9.27. The summed E-state index contributed by atoms with van der Waals surface area (Å²) in [6, 6.07) is 13.6. The predicted octanol–water partition coefficient (Wildman–Crippen LogP) is 3.87. The summed E-state index contributed by atoms with van der Waals surface area (Å²) in [4.78, 5) is 18.1. The number of amides is 1. The van der Waals surface area contributed by atoms with Crippen LogP contribution in [0.3, 0.4) is 0 Å². The Morgan fingerprint density at radius 1 is 1.23 bits per heavy atom. The summed E-state index contributed by atoms with van der Waals surface area (Å²) in [7, 11) is 0. The number of carbonyl (C=O) groups is 1. The maximum atomic E-state index is 12.4. The highest BCUT2D eigenvalue weighted by Crippen LogP contribution is 2.23. The van der Waals surface area contributed by atoms with E-state index >= 15 is 0 Å². The van der Waals surface area contributed by atoms with E-state index in [9.17, 15) is 4.79 Å². The normalized spacial score (nSPS) is 11.1. The quantitative estimate of drug-likeness (QED) is 0.322. The van der Waals surface area contributed by atoms with Crippen molar-refractivity contribution in [2.45, 2.75) is 30.5 Å². The Kier molecular flexibility index (Phi) is 6.29. The van der Waals surface area contributed by atoms with Gasteiger partial charge >= 0.3 is 0 Å². The third-order valence-corrected chi connectivity index (χ3v) is 6.06. The number of nitrogens with one attached hydrogen (secondary N) is 2. The molecule has 4 aromatic rings. The molecule has 9 heteroatoms. The van der Waals surface area contributed by atoms with Crippen LogP contribution >= 0.6 is 24.0 Å². The zero-order valence-corrected chi connectivity index (χ0v) is 18.2. The van der Waals surface area contributed by atoms with Crippen molar-refractivity contribution in [3.63, 3.8) is 0 Å². The minimum Gasteiger partial charge on any atom is -0.352 e. The maximum absolute atomic E-state index is 12.4. The molecule has 154 valence electrons. The Balaban J connectivity index is 1.29. The molecule has 0 aliphatic rings. The summed E-state index contributed by atoms with van der Waals surface area (Å²) in [6.45, 7) is 3.28. The van der Waals surface area contributed by atoms with E-state index in [0.717, 1.165) is 34.4 Å². The van der Waals surface area contributed by atoms with Crippen LogP contribution in [0.1, 0.15) is 28.8 Å². The average molecular weight is 439 g/mol. The fraction of sp³-hybridized carbons (Fsp3) is 0.238. The number of rotatable bonds is 8. The topological polar surface area (TPSA) is 80.0 Å². The molecular weight excluding hydrogens is 416 g/mol. The van der Waals surface area contributed by atoms with E-state index in [-0.39, 0.29) is 5.91 Å². The van der Waals surface area contributed by atoms with Gasteiger partial charge in [0.1, 0.15) is 11.5 Å². The first-order chi connectivity index (χ1) is 14.6. The molecule has 2 N–H and O–H groups in total. The fourth-order valence-corrected chi connectivity index (χ4v) is 4.24. The van der Waals surface area contributed by atoms with Gasteiger partial charge in [-0.1, -0.05) is 6.07 Å². The van der Waals surface area contributed by atoms with Gasteiger partial charge in [-0.05, 0) is 55.5 Å². The third-order valence-electron chi connectivity index (χ3n) is 4.70. The van der Waals surface area contributed by atoms with Crippen LogP contribution in [-0.4, -0.2) is 36.6 Å². The van der Waals surface area contributed by atoms with Gasteiger partial charge in [0.05, 0.1) is 5.69 Å². The molecule has 7 nitrogen and oxygen atoms in total.